The van der Waals surface area contributed by atoms with E-state index < -0.39 is 0 Å². The van der Waals surface area contributed by atoms with Gasteiger partial charge in [0.1, 0.15) is 0 Å². The van der Waals surface area contributed by atoms with Gasteiger partial charge in [-0.25, -0.2) is 0 Å². The molecule has 3 nitrogen and oxygen atoms in total. The van der Waals surface area contributed by atoms with E-state index in [1.807, 2.05) is 24.3 Å². The minimum absolute atomic E-state index is 0.0295. The number of amides is 1. The maximum absolute atomic E-state index is 11.7. The minimum atomic E-state index is -0.0584. The first-order chi connectivity index (χ1) is 8.15. The third-order valence-corrected chi connectivity index (χ3v) is 4.04. The van der Waals surface area contributed by atoms with Crippen molar-refractivity contribution in [3.8, 4) is 0 Å². The van der Waals surface area contributed by atoms with Gasteiger partial charge in [0.05, 0.1) is 10.3 Å². The molecular weight excluding hydrogens is 256 g/mol. The van der Waals surface area contributed by atoms with Crippen molar-refractivity contribution in [2.75, 3.05) is 6.54 Å². The lowest BCUT2D eigenvalue weighted by Gasteiger charge is -2.09. The molecule has 0 saturated carbocycles. The summed E-state index contributed by atoms with van der Waals surface area (Å²) in [5.41, 5.74) is 5.71. The van der Waals surface area contributed by atoms with Gasteiger partial charge in [-0.1, -0.05) is 23.8 Å². The van der Waals surface area contributed by atoms with Crippen LogP contribution in [0.1, 0.15) is 11.3 Å². The van der Waals surface area contributed by atoms with Crippen LogP contribution in [0.25, 0.3) is 0 Å². The first-order valence-corrected chi connectivity index (χ1v) is 6.80. The quantitative estimate of drug-likeness (QED) is 0.822. The Morgan fingerprint density at radius 2 is 2.35 bits per heavy atom. The monoisotopic (exact) mass is 270 g/mol. The molecule has 0 aliphatic heterocycles. The molecule has 1 amide bonds. The summed E-state index contributed by atoms with van der Waals surface area (Å²) in [5, 5.41) is 2.92. The van der Waals surface area contributed by atoms with Crippen molar-refractivity contribution in [1.82, 2.24) is 5.32 Å². The number of hydrogen-bond acceptors (Lipinski definition) is 3. The molecule has 2 atom stereocenters. The van der Waals surface area contributed by atoms with E-state index in [-0.39, 0.29) is 17.9 Å². The summed E-state index contributed by atoms with van der Waals surface area (Å²) in [6.07, 6.45) is 5.33. The smallest absolute Gasteiger partial charge is 0.227 e. The number of rotatable bonds is 4. The molecule has 0 spiro atoms. The average Bonchev–Trinajstić information content (AvgIpc) is 2.88. The van der Waals surface area contributed by atoms with Gasteiger partial charge >= 0.3 is 0 Å². The Balaban J connectivity index is 1.72. The summed E-state index contributed by atoms with van der Waals surface area (Å²) in [5.74, 6) is 0.00813. The number of thiophene rings is 1. The van der Waals surface area contributed by atoms with Crippen LogP contribution >= 0.6 is 22.9 Å². The molecule has 1 aromatic heterocycles. The molecule has 1 aliphatic carbocycles. The third kappa shape index (κ3) is 3.56. The average molecular weight is 271 g/mol. The van der Waals surface area contributed by atoms with Crippen molar-refractivity contribution in [3.05, 3.63) is 33.5 Å². The number of halogens is 1. The lowest BCUT2D eigenvalue weighted by atomic mass is 10.1. The zero-order valence-corrected chi connectivity index (χ0v) is 10.9. The summed E-state index contributed by atoms with van der Waals surface area (Å²) >= 11 is 7.38. The summed E-state index contributed by atoms with van der Waals surface area (Å²) in [6, 6.07) is 3.90. The fraction of sp³-hybridized carbons (Fsp3) is 0.417. The molecule has 92 valence electrons. The van der Waals surface area contributed by atoms with Gasteiger partial charge < -0.3 is 11.1 Å². The molecule has 5 heteroatoms. The van der Waals surface area contributed by atoms with E-state index in [9.17, 15) is 4.79 Å². The maximum Gasteiger partial charge on any atom is 0.227 e. The lowest BCUT2D eigenvalue weighted by molar-refractivity contribution is -0.123. The van der Waals surface area contributed by atoms with Gasteiger partial charge in [-0.15, -0.1) is 11.3 Å². The van der Waals surface area contributed by atoms with E-state index in [4.69, 9.17) is 17.3 Å². The third-order valence-electron chi connectivity index (χ3n) is 2.75. The number of carbonyl (C=O) groups excluding carboxylic acids is 1. The van der Waals surface area contributed by atoms with E-state index in [0.29, 0.717) is 6.54 Å². The van der Waals surface area contributed by atoms with E-state index in [0.717, 1.165) is 17.2 Å². The van der Waals surface area contributed by atoms with E-state index in [1.165, 1.54) is 4.88 Å². The van der Waals surface area contributed by atoms with Crippen LogP contribution in [-0.2, 0) is 11.2 Å². The van der Waals surface area contributed by atoms with Crippen LogP contribution in [0.2, 0.25) is 4.34 Å². The van der Waals surface area contributed by atoms with Gasteiger partial charge in [0.15, 0.2) is 0 Å². The number of nitrogens with two attached hydrogens (primary N) is 1. The van der Waals surface area contributed by atoms with Gasteiger partial charge in [-0.3, -0.25) is 4.79 Å². The molecule has 0 fully saturated rings. The topological polar surface area (TPSA) is 55.1 Å². The number of nitrogens with one attached hydrogen (secondary N) is 1. The van der Waals surface area contributed by atoms with Crippen molar-refractivity contribution < 1.29 is 4.79 Å². The van der Waals surface area contributed by atoms with Crippen LogP contribution in [0.5, 0.6) is 0 Å². The Bertz CT molecular complexity index is 430. The van der Waals surface area contributed by atoms with E-state index in [1.54, 1.807) is 11.3 Å². The van der Waals surface area contributed by atoms with Crippen molar-refractivity contribution in [2.24, 2.45) is 11.7 Å². The molecule has 3 N–H and O–H groups in total. The molecule has 1 aliphatic rings. The summed E-state index contributed by atoms with van der Waals surface area (Å²) in [6.45, 7) is 0.648. The molecule has 0 saturated heterocycles. The van der Waals surface area contributed by atoms with Crippen LogP contribution in [0.15, 0.2) is 24.3 Å². The summed E-state index contributed by atoms with van der Waals surface area (Å²) < 4.78 is 0.788. The largest absolute Gasteiger partial charge is 0.355 e. The second-order valence-electron chi connectivity index (χ2n) is 4.14. The highest BCUT2D eigenvalue weighted by atomic mass is 35.5. The standard InChI is InChI=1S/C12H15ClN2OS/c13-11-4-3-10(17-11)5-6-15-12(16)8-1-2-9(14)7-8/h1-4,8-9H,5-7,14H2,(H,15,16). The number of hydrogen-bond donors (Lipinski definition) is 2. The van der Waals surface area contributed by atoms with Gasteiger partial charge in [-0.05, 0) is 25.0 Å². The Morgan fingerprint density at radius 1 is 1.53 bits per heavy atom. The van der Waals surface area contributed by atoms with Crippen molar-refractivity contribution in [1.29, 1.82) is 0 Å². The van der Waals surface area contributed by atoms with Gasteiger partial charge in [0.2, 0.25) is 5.91 Å². The Kier molecular flexibility index (Phi) is 4.20. The minimum Gasteiger partial charge on any atom is -0.355 e. The van der Waals surface area contributed by atoms with Crippen LogP contribution in [-0.4, -0.2) is 18.5 Å². The molecule has 1 aromatic rings. The SMILES string of the molecule is NC1C=CC(C(=O)NCCc2ccc(Cl)s2)C1. The fourth-order valence-corrected chi connectivity index (χ4v) is 2.93. The molecule has 0 radical (unpaired) electrons. The van der Waals surface area contributed by atoms with Gasteiger partial charge in [-0.2, -0.15) is 0 Å². The van der Waals surface area contributed by atoms with Crippen LogP contribution in [0.4, 0.5) is 0 Å². The molecule has 0 aromatic carbocycles. The molecule has 0 bridgehead atoms. The highest BCUT2D eigenvalue weighted by Gasteiger charge is 2.21. The molecular formula is C12H15ClN2OS. The molecule has 2 rings (SSSR count). The van der Waals surface area contributed by atoms with Crippen LogP contribution in [0, 0.1) is 5.92 Å². The normalized spacial score (nSPS) is 22.9. The van der Waals surface area contributed by atoms with Crippen molar-refractivity contribution in [2.45, 2.75) is 18.9 Å². The second kappa shape index (κ2) is 5.67. The summed E-state index contributed by atoms with van der Waals surface area (Å²) in [7, 11) is 0. The first kappa shape index (κ1) is 12.6. The molecule has 1 heterocycles. The Hall–Kier alpha value is -0.840. The van der Waals surface area contributed by atoms with Gasteiger partial charge in [0.25, 0.3) is 0 Å². The van der Waals surface area contributed by atoms with Gasteiger partial charge in [0, 0.05) is 17.5 Å². The molecule has 2 unspecified atom stereocenters. The predicted molar refractivity (Wildman–Crippen MR) is 71.3 cm³/mol. The zero-order valence-electron chi connectivity index (χ0n) is 9.36. The van der Waals surface area contributed by atoms with Crippen LogP contribution < -0.4 is 11.1 Å². The maximum atomic E-state index is 11.7. The fourth-order valence-electron chi connectivity index (χ4n) is 1.85. The Labute approximate surface area is 110 Å². The van der Waals surface area contributed by atoms with Crippen molar-refractivity contribution >= 4 is 28.8 Å². The number of carbonyl (C=O) groups is 1. The molecule has 17 heavy (non-hydrogen) atoms. The second-order valence-corrected chi connectivity index (χ2v) is 5.94. The van der Waals surface area contributed by atoms with E-state index >= 15 is 0 Å². The zero-order chi connectivity index (χ0) is 12.3. The van der Waals surface area contributed by atoms with Crippen LogP contribution in [0.3, 0.4) is 0 Å². The summed E-state index contributed by atoms with van der Waals surface area (Å²) in [4.78, 5) is 12.9. The Morgan fingerprint density at radius 3 is 2.94 bits per heavy atom. The highest BCUT2D eigenvalue weighted by molar-refractivity contribution is 7.16. The van der Waals surface area contributed by atoms with E-state index in [2.05, 4.69) is 5.32 Å². The highest BCUT2D eigenvalue weighted by Crippen LogP contribution is 2.21. The van der Waals surface area contributed by atoms with Crippen molar-refractivity contribution in [3.63, 3.8) is 0 Å². The first-order valence-electron chi connectivity index (χ1n) is 5.61. The predicted octanol–water partition coefficient (Wildman–Crippen LogP) is 1.96. The lowest BCUT2D eigenvalue weighted by Crippen LogP contribution is -2.32.